The van der Waals surface area contributed by atoms with E-state index in [1.165, 1.54) is 36.1 Å². The molecule has 0 aliphatic carbocycles. The first-order valence-electron chi connectivity index (χ1n) is 7.32. The lowest BCUT2D eigenvalue weighted by molar-refractivity contribution is 0.414. The Morgan fingerprint density at radius 3 is 2.70 bits per heavy atom. The van der Waals surface area contributed by atoms with Crippen molar-refractivity contribution in [3.05, 3.63) is 59.7 Å². The number of rotatable bonds is 4. The Balaban J connectivity index is 1.57. The van der Waals surface area contributed by atoms with Gasteiger partial charge in [-0.15, -0.1) is 0 Å². The minimum atomic E-state index is 0.590. The molecule has 1 heterocycles. The Labute approximate surface area is 120 Å². The minimum absolute atomic E-state index is 0.590. The van der Waals surface area contributed by atoms with Crippen LogP contribution >= 0.6 is 0 Å². The van der Waals surface area contributed by atoms with Gasteiger partial charge < -0.3 is 10.1 Å². The van der Waals surface area contributed by atoms with Gasteiger partial charge in [-0.05, 0) is 55.0 Å². The van der Waals surface area contributed by atoms with Gasteiger partial charge >= 0.3 is 0 Å². The summed E-state index contributed by atoms with van der Waals surface area (Å²) in [5, 5.41) is 3.67. The van der Waals surface area contributed by atoms with Gasteiger partial charge in [0.05, 0.1) is 7.11 Å². The Morgan fingerprint density at radius 1 is 1.10 bits per heavy atom. The molecule has 0 saturated carbocycles. The van der Waals surface area contributed by atoms with E-state index in [1.807, 2.05) is 12.1 Å². The van der Waals surface area contributed by atoms with Gasteiger partial charge in [0.15, 0.2) is 0 Å². The smallest absolute Gasteiger partial charge is 0.118 e. The maximum atomic E-state index is 5.19. The summed E-state index contributed by atoms with van der Waals surface area (Å²) in [5.41, 5.74) is 4.15. The highest BCUT2D eigenvalue weighted by atomic mass is 16.5. The number of hydrogen-bond acceptors (Lipinski definition) is 2. The topological polar surface area (TPSA) is 21.3 Å². The number of benzene rings is 2. The molecule has 1 N–H and O–H groups in total. The lowest BCUT2D eigenvalue weighted by atomic mass is 9.94. The summed E-state index contributed by atoms with van der Waals surface area (Å²) in [4.78, 5) is 0. The summed E-state index contributed by atoms with van der Waals surface area (Å²) in [6.45, 7) is 0. The highest BCUT2D eigenvalue weighted by Gasteiger charge is 2.16. The van der Waals surface area contributed by atoms with E-state index in [0.717, 1.165) is 12.2 Å². The molecule has 3 rings (SSSR count). The third-order valence-corrected chi connectivity index (χ3v) is 4.08. The van der Waals surface area contributed by atoms with E-state index in [2.05, 4.69) is 41.7 Å². The fourth-order valence-corrected chi connectivity index (χ4v) is 2.85. The molecule has 2 heteroatoms. The number of fused-ring (bicyclic) bond motifs is 1. The normalized spacial score (nSPS) is 17.1. The highest BCUT2D eigenvalue weighted by Crippen LogP contribution is 2.26. The quantitative estimate of drug-likeness (QED) is 0.902. The fraction of sp³-hybridized carbons (Fsp3) is 0.333. The van der Waals surface area contributed by atoms with Crippen molar-refractivity contribution in [3.8, 4) is 5.75 Å². The van der Waals surface area contributed by atoms with Gasteiger partial charge in [0, 0.05) is 11.7 Å². The highest BCUT2D eigenvalue weighted by molar-refractivity contribution is 5.53. The summed E-state index contributed by atoms with van der Waals surface area (Å²) in [6, 6.07) is 17.6. The van der Waals surface area contributed by atoms with Crippen LogP contribution in [0, 0.1) is 0 Å². The predicted molar refractivity (Wildman–Crippen MR) is 83.5 cm³/mol. The zero-order chi connectivity index (χ0) is 13.8. The van der Waals surface area contributed by atoms with Crippen molar-refractivity contribution in [3.63, 3.8) is 0 Å². The molecule has 2 aromatic rings. The van der Waals surface area contributed by atoms with Crippen LogP contribution in [0.2, 0.25) is 0 Å². The molecule has 0 unspecified atom stereocenters. The molecule has 1 aliphatic rings. The molecular weight excluding hydrogens is 246 g/mol. The predicted octanol–water partition coefficient (Wildman–Crippen LogP) is 4.05. The second-order valence-electron chi connectivity index (χ2n) is 5.42. The molecule has 0 aromatic heterocycles. The van der Waals surface area contributed by atoms with Gasteiger partial charge in [-0.25, -0.2) is 0 Å². The van der Waals surface area contributed by atoms with E-state index >= 15 is 0 Å². The number of ether oxygens (including phenoxy) is 1. The molecule has 0 saturated heterocycles. The standard InChI is InChI=1S/C18H21NO/c1-20-17-12-7-14(8-13-17)6-10-16-11-9-15-4-2-3-5-18(15)19-16/h2-5,7-8,12-13,16,19H,6,9-11H2,1H3/t16-/m0/s1. The lowest BCUT2D eigenvalue weighted by Gasteiger charge is -2.27. The van der Waals surface area contributed by atoms with Crippen molar-refractivity contribution in [1.29, 1.82) is 0 Å². The second-order valence-corrected chi connectivity index (χ2v) is 5.42. The number of para-hydroxylation sites is 1. The average Bonchev–Trinajstić information content (AvgIpc) is 2.53. The van der Waals surface area contributed by atoms with Crippen molar-refractivity contribution in [2.75, 3.05) is 12.4 Å². The van der Waals surface area contributed by atoms with E-state index < -0.39 is 0 Å². The van der Waals surface area contributed by atoms with Crippen molar-refractivity contribution in [2.45, 2.75) is 31.7 Å². The molecule has 0 fully saturated rings. The minimum Gasteiger partial charge on any atom is -0.497 e. The second kappa shape index (κ2) is 6.00. The van der Waals surface area contributed by atoms with Crippen LogP contribution in [0.5, 0.6) is 5.75 Å². The molecule has 2 nitrogen and oxygen atoms in total. The molecule has 1 atom stereocenters. The molecule has 0 amide bonds. The van der Waals surface area contributed by atoms with Crippen LogP contribution in [0.15, 0.2) is 48.5 Å². The summed E-state index contributed by atoms with van der Waals surface area (Å²) in [5.74, 6) is 0.929. The van der Waals surface area contributed by atoms with Crippen LogP contribution in [-0.4, -0.2) is 13.2 Å². The molecule has 0 spiro atoms. The van der Waals surface area contributed by atoms with E-state index in [0.29, 0.717) is 6.04 Å². The number of nitrogens with one attached hydrogen (secondary N) is 1. The van der Waals surface area contributed by atoms with Gasteiger partial charge in [0.1, 0.15) is 5.75 Å². The van der Waals surface area contributed by atoms with E-state index in [4.69, 9.17) is 4.74 Å². The van der Waals surface area contributed by atoms with Crippen LogP contribution in [0.25, 0.3) is 0 Å². The Bertz CT molecular complexity index is 562. The number of anilines is 1. The first kappa shape index (κ1) is 13.0. The van der Waals surface area contributed by atoms with Crippen LogP contribution in [0.1, 0.15) is 24.0 Å². The SMILES string of the molecule is COc1ccc(CC[C@H]2CCc3ccccc3N2)cc1. The van der Waals surface area contributed by atoms with Gasteiger partial charge in [-0.1, -0.05) is 30.3 Å². The summed E-state index contributed by atoms with van der Waals surface area (Å²) in [7, 11) is 1.71. The summed E-state index contributed by atoms with van der Waals surface area (Å²) in [6.07, 6.45) is 4.72. The van der Waals surface area contributed by atoms with Gasteiger partial charge in [0.2, 0.25) is 0 Å². The Morgan fingerprint density at radius 2 is 1.90 bits per heavy atom. The van der Waals surface area contributed by atoms with Crippen molar-refractivity contribution < 1.29 is 4.74 Å². The first-order valence-corrected chi connectivity index (χ1v) is 7.32. The lowest BCUT2D eigenvalue weighted by Crippen LogP contribution is -2.25. The average molecular weight is 267 g/mol. The van der Waals surface area contributed by atoms with E-state index in [9.17, 15) is 0 Å². The molecule has 0 bridgehead atoms. The number of aryl methyl sites for hydroxylation is 2. The van der Waals surface area contributed by atoms with Crippen molar-refractivity contribution >= 4 is 5.69 Å². The van der Waals surface area contributed by atoms with Gasteiger partial charge in [-0.3, -0.25) is 0 Å². The van der Waals surface area contributed by atoms with Crippen molar-refractivity contribution in [2.24, 2.45) is 0 Å². The fourth-order valence-electron chi connectivity index (χ4n) is 2.85. The van der Waals surface area contributed by atoms with Crippen molar-refractivity contribution in [1.82, 2.24) is 0 Å². The third kappa shape index (κ3) is 2.96. The van der Waals surface area contributed by atoms with Crippen LogP contribution in [0.4, 0.5) is 5.69 Å². The zero-order valence-electron chi connectivity index (χ0n) is 11.9. The summed E-state index contributed by atoms with van der Waals surface area (Å²) < 4.78 is 5.19. The van der Waals surface area contributed by atoms with E-state index in [1.54, 1.807) is 7.11 Å². The monoisotopic (exact) mass is 267 g/mol. The largest absolute Gasteiger partial charge is 0.497 e. The Kier molecular flexibility index (Phi) is 3.91. The maximum absolute atomic E-state index is 5.19. The van der Waals surface area contributed by atoms with Gasteiger partial charge in [0.25, 0.3) is 0 Å². The first-order chi connectivity index (χ1) is 9.85. The summed E-state index contributed by atoms with van der Waals surface area (Å²) >= 11 is 0. The molecule has 1 aliphatic heterocycles. The molecular formula is C18H21NO. The Hall–Kier alpha value is -1.96. The van der Waals surface area contributed by atoms with E-state index in [-0.39, 0.29) is 0 Å². The zero-order valence-corrected chi connectivity index (χ0v) is 11.9. The van der Waals surface area contributed by atoms with Gasteiger partial charge in [-0.2, -0.15) is 0 Å². The molecule has 0 radical (unpaired) electrons. The van der Waals surface area contributed by atoms with Crippen LogP contribution in [0.3, 0.4) is 0 Å². The third-order valence-electron chi connectivity index (χ3n) is 4.08. The molecule has 104 valence electrons. The molecule has 2 aromatic carbocycles. The maximum Gasteiger partial charge on any atom is 0.118 e. The number of hydrogen-bond donors (Lipinski definition) is 1. The number of methoxy groups -OCH3 is 1. The van der Waals surface area contributed by atoms with Crippen LogP contribution in [-0.2, 0) is 12.8 Å². The molecule has 20 heavy (non-hydrogen) atoms. The van der Waals surface area contributed by atoms with Crippen LogP contribution < -0.4 is 10.1 Å².